The van der Waals surface area contributed by atoms with E-state index in [4.69, 9.17) is 16.3 Å². The van der Waals surface area contributed by atoms with Gasteiger partial charge in [0.2, 0.25) is 5.91 Å². The third-order valence-corrected chi connectivity index (χ3v) is 5.06. The summed E-state index contributed by atoms with van der Waals surface area (Å²) >= 11 is 6.11. The molecule has 1 fully saturated rings. The topological polar surface area (TPSA) is 78.9 Å². The van der Waals surface area contributed by atoms with E-state index in [1.807, 2.05) is 6.07 Å². The van der Waals surface area contributed by atoms with Gasteiger partial charge in [0.05, 0.1) is 24.5 Å². The molecule has 0 spiro atoms. The first-order valence-electron chi connectivity index (χ1n) is 8.26. The van der Waals surface area contributed by atoms with E-state index in [9.17, 15) is 14.7 Å². The minimum absolute atomic E-state index is 0.154. The Labute approximate surface area is 155 Å². The highest BCUT2D eigenvalue weighted by atomic mass is 35.5. The summed E-state index contributed by atoms with van der Waals surface area (Å²) < 4.78 is 5.39. The standard InChI is InChI=1S/C19H17ClN2O4/c1-26-17-5-3-11(20)7-13(17)10-2-4-15-14(6-10)19(25)22-9-12(23)8-16(22)18(24)21-15/h2-7,12,16,23H,8-9H2,1H3,(H,21,24)/t12-,16+/m1/s1. The van der Waals surface area contributed by atoms with E-state index in [0.717, 1.165) is 11.1 Å². The zero-order valence-corrected chi connectivity index (χ0v) is 14.8. The Hall–Kier alpha value is -2.57. The lowest BCUT2D eigenvalue weighted by atomic mass is 10.0. The number of rotatable bonds is 2. The van der Waals surface area contributed by atoms with Crippen LogP contribution in [-0.4, -0.2) is 47.6 Å². The number of aliphatic hydroxyl groups excluding tert-OH is 1. The lowest BCUT2D eigenvalue weighted by Crippen LogP contribution is -2.40. The Bertz CT molecular complexity index is 914. The molecule has 2 aliphatic rings. The van der Waals surface area contributed by atoms with Crippen molar-refractivity contribution in [1.29, 1.82) is 0 Å². The van der Waals surface area contributed by atoms with Crippen molar-refractivity contribution in [2.75, 3.05) is 19.0 Å². The van der Waals surface area contributed by atoms with Gasteiger partial charge in [-0.2, -0.15) is 0 Å². The lowest BCUT2D eigenvalue weighted by molar-refractivity contribution is -0.119. The Balaban J connectivity index is 1.82. The normalized spacial score (nSPS) is 21.7. The third kappa shape index (κ3) is 2.71. The van der Waals surface area contributed by atoms with Gasteiger partial charge in [0.25, 0.3) is 5.91 Å². The van der Waals surface area contributed by atoms with Crippen LogP contribution in [0.3, 0.4) is 0 Å². The van der Waals surface area contributed by atoms with Crippen molar-refractivity contribution in [3.05, 3.63) is 47.0 Å². The number of benzene rings is 2. The minimum Gasteiger partial charge on any atom is -0.496 e. The molecule has 2 aliphatic heterocycles. The average Bonchev–Trinajstić information content (AvgIpc) is 2.99. The third-order valence-electron chi connectivity index (χ3n) is 4.82. The van der Waals surface area contributed by atoms with Crippen LogP contribution < -0.4 is 10.1 Å². The minimum atomic E-state index is -0.688. The van der Waals surface area contributed by atoms with Gasteiger partial charge in [-0.25, -0.2) is 0 Å². The second-order valence-corrected chi connectivity index (χ2v) is 6.89. The number of nitrogens with zero attached hydrogens (tertiary/aromatic N) is 1. The van der Waals surface area contributed by atoms with Gasteiger partial charge in [0, 0.05) is 23.6 Å². The molecule has 2 aromatic rings. The summed E-state index contributed by atoms with van der Waals surface area (Å²) in [6.45, 7) is 0.154. The highest BCUT2D eigenvalue weighted by Gasteiger charge is 2.42. The quantitative estimate of drug-likeness (QED) is 0.849. The second-order valence-electron chi connectivity index (χ2n) is 6.46. The van der Waals surface area contributed by atoms with Crippen molar-refractivity contribution in [2.45, 2.75) is 18.6 Å². The van der Waals surface area contributed by atoms with Crippen LogP contribution in [0.15, 0.2) is 36.4 Å². The first-order chi connectivity index (χ1) is 12.5. The molecule has 4 rings (SSSR count). The summed E-state index contributed by atoms with van der Waals surface area (Å²) in [6.07, 6.45) is -0.437. The number of hydrogen-bond donors (Lipinski definition) is 2. The van der Waals surface area contributed by atoms with Crippen LogP contribution in [0.5, 0.6) is 5.75 Å². The zero-order chi connectivity index (χ0) is 18.4. The Kier molecular flexibility index (Phi) is 4.09. The molecule has 0 unspecified atom stereocenters. The SMILES string of the molecule is COc1ccc(Cl)cc1-c1ccc2c(c1)C(=O)N1C[C@H](O)C[C@H]1C(=O)N2. The van der Waals surface area contributed by atoms with E-state index >= 15 is 0 Å². The van der Waals surface area contributed by atoms with Crippen molar-refractivity contribution in [1.82, 2.24) is 4.90 Å². The molecule has 0 saturated carbocycles. The molecule has 134 valence electrons. The number of methoxy groups -OCH3 is 1. The van der Waals surface area contributed by atoms with Crippen molar-refractivity contribution in [3.63, 3.8) is 0 Å². The summed E-state index contributed by atoms with van der Waals surface area (Å²) in [5.74, 6) is 0.0819. The predicted octanol–water partition coefficient (Wildman–Crippen LogP) is 2.54. The second kappa shape index (κ2) is 6.30. The fourth-order valence-electron chi connectivity index (χ4n) is 3.56. The van der Waals surface area contributed by atoms with Gasteiger partial charge in [0.1, 0.15) is 11.8 Å². The van der Waals surface area contributed by atoms with Crippen molar-refractivity contribution in [2.24, 2.45) is 0 Å². The monoisotopic (exact) mass is 372 g/mol. The van der Waals surface area contributed by atoms with Crippen LogP contribution >= 0.6 is 11.6 Å². The average molecular weight is 373 g/mol. The van der Waals surface area contributed by atoms with Crippen LogP contribution in [0.4, 0.5) is 5.69 Å². The number of carbonyl (C=O) groups excluding carboxylic acids is 2. The van der Waals surface area contributed by atoms with Crippen molar-refractivity contribution >= 4 is 29.1 Å². The Morgan fingerprint density at radius 1 is 1.19 bits per heavy atom. The highest BCUT2D eigenvalue weighted by molar-refractivity contribution is 6.31. The van der Waals surface area contributed by atoms with Crippen LogP contribution in [0.1, 0.15) is 16.8 Å². The molecule has 0 aromatic heterocycles. The number of amides is 2. The number of anilines is 1. The number of ether oxygens (including phenoxy) is 1. The number of fused-ring (bicyclic) bond motifs is 2. The van der Waals surface area contributed by atoms with E-state index in [0.29, 0.717) is 22.0 Å². The maximum Gasteiger partial charge on any atom is 0.256 e. The molecule has 1 saturated heterocycles. The molecule has 6 nitrogen and oxygen atoms in total. The molecule has 26 heavy (non-hydrogen) atoms. The fourth-order valence-corrected chi connectivity index (χ4v) is 3.73. The summed E-state index contributed by atoms with van der Waals surface area (Å²) in [5.41, 5.74) is 2.36. The number of halogens is 1. The Morgan fingerprint density at radius 2 is 2.00 bits per heavy atom. The molecule has 2 amide bonds. The van der Waals surface area contributed by atoms with Gasteiger partial charge >= 0.3 is 0 Å². The number of nitrogens with one attached hydrogen (secondary N) is 1. The summed E-state index contributed by atoms with van der Waals surface area (Å²) in [7, 11) is 1.57. The van der Waals surface area contributed by atoms with Gasteiger partial charge in [-0.1, -0.05) is 17.7 Å². The van der Waals surface area contributed by atoms with Crippen molar-refractivity contribution in [3.8, 4) is 16.9 Å². The van der Waals surface area contributed by atoms with Crippen molar-refractivity contribution < 1.29 is 19.4 Å². The maximum absolute atomic E-state index is 13.0. The molecule has 2 atom stereocenters. The van der Waals surface area contributed by atoms with Gasteiger partial charge in [0.15, 0.2) is 0 Å². The van der Waals surface area contributed by atoms with Crippen LogP contribution in [0, 0.1) is 0 Å². The molecular weight excluding hydrogens is 356 g/mol. The molecule has 0 bridgehead atoms. The van der Waals surface area contributed by atoms with Gasteiger partial charge in [-0.15, -0.1) is 0 Å². The van der Waals surface area contributed by atoms with E-state index < -0.39 is 12.1 Å². The van der Waals surface area contributed by atoms with E-state index in [2.05, 4.69) is 5.32 Å². The predicted molar refractivity (Wildman–Crippen MR) is 97.5 cm³/mol. The summed E-state index contributed by atoms with van der Waals surface area (Å²) in [4.78, 5) is 26.8. The summed E-state index contributed by atoms with van der Waals surface area (Å²) in [5, 5.41) is 13.2. The molecule has 0 aliphatic carbocycles. The first kappa shape index (κ1) is 16.9. The van der Waals surface area contributed by atoms with Gasteiger partial charge in [-0.05, 0) is 35.9 Å². The fraction of sp³-hybridized carbons (Fsp3) is 0.263. The molecule has 0 radical (unpaired) electrons. The molecule has 2 N–H and O–H groups in total. The van der Waals surface area contributed by atoms with E-state index in [1.165, 1.54) is 4.90 Å². The molecule has 2 aromatic carbocycles. The molecule has 7 heteroatoms. The highest BCUT2D eigenvalue weighted by Crippen LogP contribution is 2.36. The number of carbonyl (C=O) groups is 2. The van der Waals surface area contributed by atoms with Crippen LogP contribution in [0.25, 0.3) is 11.1 Å². The summed E-state index contributed by atoms with van der Waals surface area (Å²) in [6, 6.07) is 9.86. The first-order valence-corrected chi connectivity index (χ1v) is 8.63. The molecular formula is C19H17ClN2O4. The van der Waals surface area contributed by atoms with Crippen LogP contribution in [0.2, 0.25) is 5.02 Å². The lowest BCUT2D eigenvalue weighted by Gasteiger charge is -2.19. The molecule has 2 heterocycles. The zero-order valence-electron chi connectivity index (χ0n) is 14.0. The largest absolute Gasteiger partial charge is 0.496 e. The van der Waals surface area contributed by atoms with E-state index in [1.54, 1.807) is 37.4 Å². The number of hydrogen-bond acceptors (Lipinski definition) is 4. The smallest absolute Gasteiger partial charge is 0.256 e. The Morgan fingerprint density at radius 3 is 2.77 bits per heavy atom. The van der Waals surface area contributed by atoms with E-state index in [-0.39, 0.29) is 24.8 Å². The maximum atomic E-state index is 13.0. The van der Waals surface area contributed by atoms with Crippen LogP contribution in [-0.2, 0) is 4.79 Å². The van der Waals surface area contributed by atoms with Gasteiger partial charge in [-0.3, -0.25) is 9.59 Å². The number of aliphatic hydroxyl groups is 1. The van der Waals surface area contributed by atoms with Gasteiger partial charge < -0.3 is 20.1 Å².